The Bertz CT molecular complexity index is 299. The summed E-state index contributed by atoms with van der Waals surface area (Å²) in [6, 6.07) is 9.73. The molecule has 1 aromatic rings. The lowest BCUT2D eigenvalue weighted by molar-refractivity contribution is 1.47. The molecule has 0 N–H and O–H groups in total. The van der Waals surface area contributed by atoms with Gasteiger partial charge in [-0.1, -0.05) is 30.3 Å². The molecule has 1 aromatic carbocycles. The number of hydrogen-bond donors (Lipinski definition) is 0. The molecule has 60 valence electrons. The largest absolute Gasteiger partial charge is 0.270 e. The molecule has 12 heavy (non-hydrogen) atoms. The molecule has 0 heterocycles. The molecule has 0 saturated carbocycles. The second-order valence-electron chi connectivity index (χ2n) is 2.22. The fourth-order valence-corrected chi connectivity index (χ4v) is 0.902. The standard InChI is InChI=1S/C10H10N2/c1-11-8-10(12-2)9-6-4-3-5-7-9/h3-8H,1-2H2/b10-8-. The first-order valence-corrected chi connectivity index (χ1v) is 3.56. The third-order valence-electron chi connectivity index (χ3n) is 1.45. The van der Waals surface area contributed by atoms with E-state index in [4.69, 9.17) is 0 Å². The van der Waals surface area contributed by atoms with Gasteiger partial charge in [-0.15, -0.1) is 0 Å². The van der Waals surface area contributed by atoms with Gasteiger partial charge in [0.25, 0.3) is 0 Å². The Balaban J connectivity index is 3.03. The minimum atomic E-state index is 0.741. The summed E-state index contributed by atoms with van der Waals surface area (Å²) in [7, 11) is 0. The molecule has 0 aliphatic carbocycles. The van der Waals surface area contributed by atoms with Gasteiger partial charge >= 0.3 is 0 Å². The summed E-state index contributed by atoms with van der Waals surface area (Å²) in [5, 5.41) is 0. The number of nitrogens with zero attached hydrogens (tertiary/aromatic N) is 2. The van der Waals surface area contributed by atoms with Crippen molar-refractivity contribution in [1.29, 1.82) is 0 Å². The van der Waals surface area contributed by atoms with E-state index in [1.165, 1.54) is 0 Å². The monoisotopic (exact) mass is 158 g/mol. The van der Waals surface area contributed by atoms with E-state index in [0.717, 1.165) is 11.3 Å². The first-order valence-electron chi connectivity index (χ1n) is 3.56. The van der Waals surface area contributed by atoms with Crippen LogP contribution in [0, 0.1) is 0 Å². The third-order valence-corrected chi connectivity index (χ3v) is 1.45. The molecule has 0 radical (unpaired) electrons. The highest BCUT2D eigenvalue weighted by Crippen LogP contribution is 2.13. The predicted molar refractivity (Wildman–Crippen MR) is 53.5 cm³/mol. The second kappa shape index (κ2) is 4.23. The number of aliphatic imine (C=N–C) groups is 2. The van der Waals surface area contributed by atoms with Gasteiger partial charge in [-0.3, -0.25) is 9.98 Å². The predicted octanol–water partition coefficient (Wildman–Crippen LogP) is 2.39. The van der Waals surface area contributed by atoms with Crippen LogP contribution in [0.3, 0.4) is 0 Å². The Morgan fingerprint density at radius 1 is 1.17 bits per heavy atom. The van der Waals surface area contributed by atoms with Gasteiger partial charge in [-0.2, -0.15) is 0 Å². The average Bonchev–Trinajstić information content (AvgIpc) is 2.15. The number of hydrogen-bond acceptors (Lipinski definition) is 2. The van der Waals surface area contributed by atoms with Crippen molar-refractivity contribution in [2.24, 2.45) is 9.98 Å². The first-order chi connectivity index (χ1) is 5.88. The summed E-state index contributed by atoms with van der Waals surface area (Å²) in [6.45, 7) is 6.81. The van der Waals surface area contributed by atoms with Gasteiger partial charge in [0.2, 0.25) is 0 Å². The summed E-state index contributed by atoms with van der Waals surface area (Å²) in [5.41, 5.74) is 1.74. The molecule has 0 amide bonds. The molecule has 0 fully saturated rings. The SMILES string of the molecule is C=N/C=C(\N=C)c1ccccc1. The highest BCUT2D eigenvalue weighted by Gasteiger charge is 1.94. The van der Waals surface area contributed by atoms with E-state index in [1.807, 2.05) is 30.3 Å². The van der Waals surface area contributed by atoms with Crippen LogP contribution in [0.15, 0.2) is 46.5 Å². The van der Waals surface area contributed by atoms with Gasteiger partial charge in [0, 0.05) is 5.56 Å². The molecule has 0 bridgehead atoms. The van der Waals surface area contributed by atoms with Gasteiger partial charge in [0.1, 0.15) is 0 Å². The zero-order valence-electron chi connectivity index (χ0n) is 6.77. The third kappa shape index (κ3) is 1.89. The first kappa shape index (κ1) is 8.40. The lowest BCUT2D eigenvalue weighted by Gasteiger charge is -1.97. The van der Waals surface area contributed by atoms with Gasteiger partial charge in [-0.25, -0.2) is 0 Å². The fraction of sp³-hybridized carbons (Fsp3) is 0. The van der Waals surface area contributed by atoms with Gasteiger partial charge in [0.05, 0.1) is 11.9 Å². The van der Waals surface area contributed by atoms with E-state index in [1.54, 1.807) is 6.20 Å². The molecule has 2 nitrogen and oxygen atoms in total. The zero-order chi connectivity index (χ0) is 8.81. The molecule has 0 aromatic heterocycles. The van der Waals surface area contributed by atoms with E-state index in [9.17, 15) is 0 Å². The van der Waals surface area contributed by atoms with Crippen molar-refractivity contribution in [2.45, 2.75) is 0 Å². The van der Waals surface area contributed by atoms with Crippen LogP contribution in [-0.2, 0) is 0 Å². The molecular weight excluding hydrogens is 148 g/mol. The van der Waals surface area contributed by atoms with Gasteiger partial charge < -0.3 is 0 Å². The maximum absolute atomic E-state index is 3.83. The molecular formula is C10H10N2. The van der Waals surface area contributed by atoms with E-state index in [0.29, 0.717) is 0 Å². The summed E-state index contributed by atoms with van der Waals surface area (Å²) < 4.78 is 0. The summed E-state index contributed by atoms with van der Waals surface area (Å²) in [4.78, 5) is 7.46. The lowest BCUT2D eigenvalue weighted by atomic mass is 10.2. The minimum absolute atomic E-state index is 0.741. The van der Waals surface area contributed by atoms with Crippen molar-refractivity contribution >= 4 is 19.1 Å². The van der Waals surface area contributed by atoms with Crippen molar-refractivity contribution in [3.63, 3.8) is 0 Å². The second-order valence-corrected chi connectivity index (χ2v) is 2.22. The molecule has 2 heteroatoms. The highest BCUT2D eigenvalue weighted by molar-refractivity contribution is 5.68. The van der Waals surface area contributed by atoms with Crippen LogP contribution >= 0.6 is 0 Å². The van der Waals surface area contributed by atoms with E-state index in [2.05, 4.69) is 23.4 Å². The molecule has 0 saturated heterocycles. The van der Waals surface area contributed by atoms with Crippen LogP contribution in [0.5, 0.6) is 0 Å². The van der Waals surface area contributed by atoms with Crippen LogP contribution in [0.4, 0.5) is 0 Å². The van der Waals surface area contributed by atoms with Crippen LogP contribution in [0.2, 0.25) is 0 Å². The van der Waals surface area contributed by atoms with Crippen LogP contribution in [0.1, 0.15) is 5.56 Å². The quantitative estimate of drug-likeness (QED) is 0.603. The molecule has 0 unspecified atom stereocenters. The summed E-state index contributed by atoms with van der Waals surface area (Å²) >= 11 is 0. The fourth-order valence-electron chi connectivity index (χ4n) is 0.902. The van der Waals surface area contributed by atoms with E-state index >= 15 is 0 Å². The highest BCUT2D eigenvalue weighted by atomic mass is 14.8. The molecule has 0 spiro atoms. The Morgan fingerprint density at radius 2 is 1.83 bits per heavy atom. The van der Waals surface area contributed by atoms with Crippen molar-refractivity contribution in [3.8, 4) is 0 Å². The van der Waals surface area contributed by atoms with E-state index in [-0.39, 0.29) is 0 Å². The Hall–Kier alpha value is -1.70. The van der Waals surface area contributed by atoms with Crippen molar-refractivity contribution in [3.05, 3.63) is 42.1 Å². The maximum Gasteiger partial charge on any atom is 0.0876 e. The molecule has 0 aliphatic rings. The van der Waals surface area contributed by atoms with Crippen molar-refractivity contribution in [1.82, 2.24) is 0 Å². The van der Waals surface area contributed by atoms with Crippen molar-refractivity contribution in [2.75, 3.05) is 0 Å². The summed E-state index contributed by atoms with van der Waals surface area (Å²) in [6.07, 6.45) is 1.59. The number of benzene rings is 1. The summed E-state index contributed by atoms with van der Waals surface area (Å²) in [5.74, 6) is 0. The lowest BCUT2D eigenvalue weighted by Crippen LogP contribution is -1.77. The van der Waals surface area contributed by atoms with Crippen molar-refractivity contribution < 1.29 is 0 Å². The Kier molecular flexibility index (Phi) is 2.96. The van der Waals surface area contributed by atoms with Crippen LogP contribution in [0.25, 0.3) is 5.70 Å². The van der Waals surface area contributed by atoms with Gasteiger partial charge in [-0.05, 0) is 13.4 Å². The molecule has 0 atom stereocenters. The normalized spacial score (nSPS) is 10.8. The number of rotatable bonds is 3. The molecule has 1 rings (SSSR count). The van der Waals surface area contributed by atoms with Crippen LogP contribution < -0.4 is 0 Å². The molecule has 0 aliphatic heterocycles. The minimum Gasteiger partial charge on any atom is -0.270 e. The average molecular weight is 158 g/mol. The maximum atomic E-state index is 3.83. The van der Waals surface area contributed by atoms with E-state index < -0.39 is 0 Å². The Labute approximate surface area is 72.0 Å². The topological polar surface area (TPSA) is 24.7 Å². The van der Waals surface area contributed by atoms with Crippen LogP contribution in [-0.4, -0.2) is 13.4 Å². The van der Waals surface area contributed by atoms with Gasteiger partial charge in [0.15, 0.2) is 0 Å². The zero-order valence-corrected chi connectivity index (χ0v) is 6.77. The smallest absolute Gasteiger partial charge is 0.0876 e. The Morgan fingerprint density at radius 3 is 2.33 bits per heavy atom.